The van der Waals surface area contributed by atoms with E-state index in [2.05, 4.69) is 43.4 Å². The maximum atomic E-state index is 6.44. The van der Waals surface area contributed by atoms with Crippen molar-refractivity contribution in [3.8, 4) is 11.5 Å². The normalized spacial score (nSPS) is 22.1. The van der Waals surface area contributed by atoms with Crippen LogP contribution in [0.4, 0.5) is 0 Å². The highest BCUT2D eigenvalue weighted by Crippen LogP contribution is 2.54. The molecule has 0 amide bonds. The Hall–Kier alpha value is -4.82. The van der Waals surface area contributed by atoms with Crippen molar-refractivity contribution in [1.82, 2.24) is 39.7 Å². The van der Waals surface area contributed by atoms with Crippen LogP contribution in [0.5, 0.6) is 11.5 Å². The van der Waals surface area contributed by atoms with Crippen LogP contribution in [0.25, 0.3) is 11.0 Å². The zero-order chi connectivity index (χ0) is 30.5. The van der Waals surface area contributed by atoms with Crippen molar-refractivity contribution in [2.45, 2.75) is 45.7 Å². The number of thioether (sulfide) groups is 2. The standard InChI is InChI=1S/C32H28N10O2S2/c1-5-13-23-19(9-1)25-29(45-31-37-33-17-41(31)39-25)27-28(36-22-12-4-3-11-21(22)35-27)30-26(40-42-18-34-38-32(42)46-30)20-10-2-6-14-24(20)44-16-8-7-15-43-23/h1-6,9-14,17-18,25-26,29-30,39-40H,7-8,15-16H2. The smallest absolute Gasteiger partial charge is 0.210 e. The van der Waals surface area contributed by atoms with Crippen molar-refractivity contribution >= 4 is 34.6 Å². The second-order valence-corrected chi connectivity index (χ2v) is 13.4. The Morgan fingerprint density at radius 1 is 0.609 bits per heavy atom. The molecule has 4 atom stereocenters. The number of fused-ring (bicyclic) bond motifs is 12. The highest BCUT2D eigenvalue weighted by Gasteiger charge is 2.42. The summed E-state index contributed by atoms with van der Waals surface area (Å²) < 4.78 is 16.6. The van der Waals surface area contributed by atoms with Gasteiger partial charge in [0.05, 0.1) is 58.2 Å². The topological polar surface area (TPSA) is 130 Å². The molecule has 4 unspecified atom stereocenters. The van der Waals surface area contributed by atoms with E-state index in [1.54, 1.807) is 36.2 Å². The summed E-state index contributed by atoms with van der Waals surface area (Å²) in [5.74, 6) is 1.66. The fourth-order valence-electron chi connectivity index (χ4n) is 6.23. The van der Waals surface area contributed by atoms with E-state index in [0.29, 0.717) is 13.2 Å². The highest BCUT2D eigenvalue weighted by molar-refractivity contribution is 7.99. The van der Waals surface area contributed by atoms with E-state index < -0.39 is 0 Å². The molecule has 6 aromatic rings. The van der Waals surface area contributed by atoms with Gasteiger partial charge in [0.2, 0.25) is 10.3 Å². The molecule has 0 spiro atoms. The SMILES string of the molecule is c1ccc2c(c1)OCCCCOc1ccccc1C1Nn3cnnc3SC1c1nc3ccccc3nc1C1Sc3nncn3NC21. The Balaban J connectivity index is 1.29. The van der Waals surface area contributed by atoms with Gasteiger partial charge in [-0.1, -0.05) is 72.1 Å². The van der Waals surface area contributed by atoms with Crippen LogP contribution < -0.4 is 20.3 Å². The molecular formula is C32H28N10O2S2. The molecule has 3 aliphatic rings. The van der Waals surface area contributed by atoms with Crippen LogP contribution in [-0.4, -0.2) is 52.9 Å². The lowest BCUT2D eigenvalue weighted by Crippen LogP contribution is -2.34. The Labute approximate surface area is 272 Å². The molecule has 46 heavy (non-hydrogen) atoms. The van der Waals surface area contributed by atoms with E-state index in [1.807, 2.05) is 70.0 Å². The molecular weight excluding hydrogens is 621 g/mol. The van der Waals surface area contributed by atoms with Crippen LogP contribution in [0.15, 0.2) is 95.8 Å². The van der Waals surface area contributed by atoms with Crippen LogP contribution in [0.2, 0.25) is 0 Å². The first kappa shape index (κ1) is 27.5. The van der Waals surface area contributed by atoms with Gasteiger partial charge in [-0.2, -0.15) is 0 Å². The first-order valence-electron chi connectivity index (χ1n) is 15.2. The molecule has 3 aromatic carbocycles. The molecule has 0 aliphatic carbocycles. The molecule has 0 saturated carbocycles. The van der Waals surface area contributed by atoms with Gasteiger partial charge in [-0.3, -0.25) is 0 Å². The summed E-state index contributed by atoms with van der Waals surface area (Å²) in [6.07, 6.45) is 5.11. The summed E-state index contributed by atoms with van der Waals surface area (Å²) in [7, 11) is 0. The number of hydrogen-bond acceptors (Lipinski definition) is 12. The van der Waals surface area contributed by atoms with Crippen molar-refractivity contribution in [2.75, 3.05) is 24.1 Å². The minimum Gasteiger partial charge on any atom is -0.493 e. The fourth-order valence-corrected chi connectivity index (χ4v) is 8.56. The molecule has 2 N–H and O–H groups in total. The second kappa shape index (κ2) is 11.5. The monoisotopic (exact) mass is 648 g/mol. The van der Waals surface area contributed by atoms with Crippen molar-refractivity contribution in [1.29, 1.82) is 0 Å². The van der Waals surface area contributed by atoms with E-state index >= 15 is 0 Å². The Morgan fingerprint density at radius 2 is 1.07 bits per heavy atom. The molecule has 0 radical (unpaired) electrons. The summed E-state index contributed by atoms with van der Waals surface area (Å²) in [6.45, 7) is 1.15. The molecule has 0 bridgehead atoms. The lowest BCUT2D eigenvalue weighted by molar-refractivity contribution is 0.262. The van der Waals surface area contributed by atoms with Crippen molar-refractivity contribution in [3.05, 3.63) is 108 Å². The summed E-state index contributed by atoms with van der Waals surface area (Å²) >= 11 is 3.25. The van der Waals surface area contributed by atoms with Gasteiger partial charge >= 0.3 is 0 Å². The predicted octanol–water partition coefficient (Wildman–Crippen LogP) is 5.63. The summed E-state index contributed by atoms with van der Waals surface area (Å²) in [5.41, 5.74) is 12.8. The molecule has 6 heterocycles. The number of para-hydroxylation sites is 4. The molecule has 3 aliphatic heterocycles. The van der Waals surface area contributed by atoms with Gasteiger partial charge < -0.3 is 20.3 Å². The lowest BCUT2D eigenvalue weighted by Gasteiger charge is -2.37. The second-order valence-electron chi connectivity index (χ2n) is 11.2. The van der Waals surface area contributed by atoms with Gasteiger partial charge in [-0.05, 0) is 37.1 Å². The summed E-state index contributed by atoms with van der Waals surface area (Å²) in [5, 5.41) is 18.3. The number of hydrogen-bond donors (Lipinski definition) is 2. The summed E-state index contributed by atoms with van der Waals surface area (Å²) in [6, 6.07) is 24.0. The first-order valence-corrected chi connectivity index (χ1v) is 16.9. The van der Waals surface area contributed by atoms with Gasteiger partial charge in [0.1, 0.15) is 24.2 Å². The van der Waals surface area contributed by atoms with E-state index in [9.17, 15) is 0 Å². The van der Waals surface area contributed by atoms with Gasteiger partial charge in [-0.25, -0.2) is 19.3 Å². The van der Waals surface area contributed by atoms with Crippen LogP contribution in [0.1, 0.15) is 57.9 Å². The third kappa shape index (κ3) is 4.79. The Kier molecular flexibility index (Phi) is 6.88. The Bertz CT molecular complexity index is 1910. The molecule has 12 nitrogen and oxygen atoms in total. The van der Waals surface area contributed by atoms with Crippen molar-refractivity contribution in [2.24, 2.45) is 0 Å². The third-order valence-electron chi connectivity index (χ3n) is 8.39. The molecule has 230 valence electrons. The minimum atomic E-state index is -0.230. The number of benzene rings is 3. The number of aromatic nitrogens is 8. The maximum Gasteiger partial charge on any atom is 0.210 e. The Morgan fingerprint density at radius 3 is 1.57 bits per heavy atom. The fraction of sp³-hybridized carbons (Fsp3) is 0.250. The van der Waals surface area contributed by atoms with Crippen LogP contribution in [0, 0.1) is 0 Å². The summed E-state index contributed by atoms with van der Waals surface area (Å²) in [4.78, 5) is 10.8. The molecule has 9 rings (SSSR count). The highest BCUT2D eigenvalue weighted by atomic mass is 32.2. The lowest BCUT2D eigenvalue weighted by atomic mass is 9.95. The maximum absolute atomic E-state index is 6.44. The van der Waals surface area contributed by atoms with Gasteiger partial charge in [0.15, 0.2) is 0 Å². The van der Waals surface area contributed by atoms with Crippen molar-refractivity contribution in [3.63, 3.8) is 0 Å². The average Bonchev–Trinajstić information content (AvgIpc) is 3.77. The van der Waals surface area contributed by atoms with Crippen LogP contribution in [-0.2, 0) is 0 Å². The van der Waals surface area contributed by atoms with E-state index in [1.165, 1.54) is 0 Å². The van der Waals surface area contributed by atoms with E-state index in [4.69, 9.17) is 19.4 Å². The van der Waals surface area contributed by atoms with Gasteiger partial charge in [0.25, 0.3) is 0 Å². The van der Waals surface area contributed by atoms with Crippen LogP contribution in [0.3, 0.4) is 0 Å². The number of nitrogens with one attached hydrogen (secondary N) is 2. The average molecular weight is 649 g/mol. The van der Waals surface area contributed by atoms with Crippen LogP contribution >= 0.6 is 23.5 Å². The predicted molar refractivity (Wildman–Crippen MR) is 174 cm³/mol. The number of ether oxygens (including phenoxy) is 2. The van der Waals surface area contributed by atoms with Crippen molar-refractivity contribution < 1.29 is 9.47 Å². The molecule has 3 aromatic heterocycles. The molecule has 0 fully saturated rings. The molecule has 0 saturated heterocycles. The van der Waals surface area contributed by atoms with Gasteiger partial charge in [-0.15, -0.1) is 20.4 Å². The first-order chi connectivity index (χ1) is 22.8. The van der Waals surface area contributed by atoms with Gasteiger partial charge in [0, 0.05) is 11.1 Å². The number of rotatable bonds is 0. The third-order valence-corrected chi connectivity index (χ3v) is 10.9. The quantitative estimate of drug-likeness (QED) is 0.212. The van der Waals surface area contributed by atoms with E-state index in [-0.39, 0.29) is 22.6 Å². The largest absolute Gasteiger partial charge is 0.493 e. The van der Waals surface area contributed by atoms with E-state index in [0.717, 1.165) is 68.2 Å². The zero-order valence-electron chi connectivity index (χ0n) is 24.4. The molecule has 14 heteroatoms. The number of nitrogens with zero attached hydrogens (tertiary/aromatic N) is 8. The minimum absolute atomic E-state index is 0.228. The zero-order valence-corrected chi connectivity index (χ0v) is 26.1.